The Balaban J connectivity index is 1.65. The second-order valence-electron chi connectivity index (χ2n) is 6.71. The zero-order valence-corrected chi connectivity index (χ0v) is 16.5. The van der Waals surface area contributed by atoms with Gasteiger partial charge in [0.2, 0.25) is 11.8 Å². The average molecular weight is 399 g/mol. The topological polar surface area (TPSA) is 77.3 Å². The molecule has 150 valence electrons. The van der Waals surface area contributed by atoms with Gasteiger partial charge in [0.25, 0.3) is 0 Å². The highest BCUT2D eigenvalue weighted by atomic mass is 16.5. The summed E-state index contributed by atoms with van der Waals surface area (Å²) in [6, 6.07) is 21.2. The second kappa shape index (κ2) is 9.05. The van der Waals surface area contributed by atoms with Gasteiger partial charge in [0.1, 0.15) is 11.4 Å². The highest BCUT2D eigenvalue weighted by Crippen LogP contribution is 2.40. The van der Waals surface area contributed by atoms with Crippen LogP contribution in [0.3, 0.4) is 0 Å². The van der Waals surface area contributed by atoms with Gasteiger partial charge in [-0.05, 0) is 41.8 Å². The van der Waals surface area contributed by atoms with Crippen molar-refractivity contribution < 1.29 is 14.1 Å². The fourth-order valence-corrected chi connectivity index (χ4v) is 3.28. The number of hydrogen-bond acceptors (Lipinski definition) is 5. The van der Waals surface area contributed by atoms with Gasteiger partial charge in [-0.1, -0.05) is 47.6 Å². The summed E-state index contributed by atoms with van der Waals surface area (Å²) in [5, 5.41) is 7.13. The number of carbonyl (C=O) groups excluding carboxylic acids is 1. The maximum Gasteiger partial charge on any atom is 0.239 e. The number of anilines is 1. The fraction of sp³-hybridized carbons (Fsp3) is 0.125. The molecule has 0 spiro atoms. The van der Waals surface area contributed by atoms with Gasteiger partial charge >= 0.3 is 0 Å². The molecule has 1 amide bonds. The number of amides is 1. The lowest BCUT2D eigenvalue weighted by molar-refractivity contribution is -0.116. The van der Waals surface area contributed by atoms with Crippen molar-refractivity contribution >= 4 is 11.8 Å². The van der Waals surface area contributed by atoms with Gasteiger partial charge in [-0.2, -0.15) is 0 Å². The molecular formula is C24H21N3O3. The van der Waals surface area contributed by atoms with Crippen LogP contribution in [-0.2, 0) is 11.2 Å². The highest BCUT2D eigenvalue weighted by molar-refractivity contribution is 5.97. The lowest BCUT2D eigenvalue weighted by Crippen LogP contribution is -2.12. The van der Waals surface area contributed by atoms with Gasteiger partial charge < -0.3 is 9.26 Å². The first-order valence-corrected chi connectivity index (χ1v) is 9.63. The van der Waals surface area contributed by atoms with E-state index in [1.54, 1.807) is 19.5 Å². The molecule has 0 unspecified atom stereocenters. The Bertz CT molecular complexity index is 1120. The zero-order valence-electron chi connectivity index (χ0n) is 16.5. The summed E-state index contributed by atoms with van der Waals surface area (Å²) in [5.41, 5.74) is 4.01. The molecule has 1 N–H and O–H groups in total. The Hall–Kier alpha value is -3.93. The number of methoxy groups -OCH3 is 1. The maximum absolute atomic E-state index is 12.6. The van der Waals surface area contributed by atoms with Crippen LogP contribution in [0.25, 0.3) is 22.4 Å². The summed E-state index contributed by atoms with van der Waals surface area (Å²) in [4.78, 5) is 16.7. The van der Waals surface area contributed by atoms with E-state index in [1.165, 1.54) is 0 Å². The fourth-order valence-electron chi connectivity index (χ4n) is 3.28. The summed E-state index contributed by atoms with van der Waals surface area (Å²) in [6.45, 7) is 0. The number of ether oxygens (including phenoxy) is 1. The summed E-state index contributed by atoms with van der Waals surface area (Å²) in [7, 11) is 1.61. The number of benzene rings is 2. The summed E-state index contributed by atoms with van der Waals surface area (Å²) < 4.78 is 11.1. The van der Waals surface area contributed by atoms with Crippen LogP contribution in [0.1, 0.15) is 12.0 Å². The van der Waals surface area contributed by atoms with Crippen LogP contribution in [0.4, 0.5) is 5.88 Å². The van der Waals surface area contributed by atoms with E-state index in [9.17, 15) is 4.79 Å². The van der Waals surface area contributed by atoms with Gasteiger partial charge in [-0.3, -0.25) is 15.1 Å². The van der Waals surface area contributed by atoms with Crippen LogP contribution in [0.2, 0.25) is 0 Å². The molecule has 0 atom stereocenters. The molecule has 0 fully saturated rings. The molecule has 2 heterocycles. The Morgan fingerprint density at radius 3 is 2.50 bits per heavy atom. The SMILES string of the molecule is COc1ccccc1-c1noc(NC(=O)CCc2ccccc2)c1-c1ccncc1. The Morgan fingerprint density at radius 1 is 1.00 bits per heavy atom. The third-order valence-corrected chi connectivity index (χ3v) is 4.76. The molecule has 6 heteroatoms. The van der Waals surface area contributed by atoms with E-state index in [0.717, 1.165) is 16.7 Å². The van der Waals surface area contributed by atoms with Gasteiger partial charge in [0, 0.05) is 24.4 Å². The molecule has 0 aliphatic carbocycles. The monoisotopic (exact) mass is 399 g/mol. The molecule has 0 saturated heterocycles. The number of carbonyl (C=O) groups is 1. The second-order valence-corrected chi connectivity index (χ2v) is 6.71. The number of hydrogen-bond donors (Lipinski definition) is 1. The van der Waals surface area contributed by atoms with Crippen LogP contribution in [0, 0.1) is 0 Å². The first kappa shape index (κ1) is 19.4. The van der Waals surface area contributed by atoms with Crippen LogP contribution < -0.4 is 10.1 Å². The molecule has 2 aromatic heterocycles. The van der Waals surface area contributed by atoms with E-state index < -0.39 is 0 Å². The standard InChI is InChI=1S/C24H21N3O3/c1-29-20-10-6-5-9-19(20)23-22(18-13-15-25-16-14-18)24(30-27-23)26-21(28)12-11-17-7-3-2-4-8-17/h2-10,13-16H,11-12H2,1H3,(H,26,28). The van der Waals surface area contributed by atoms with Crippen molar-refractivity contribution in [2.75, 3.05) is 12.4 Å². The van der Waals surface area contributed by atoms with Crippen molar-refractivity contribution in [3.63, 3.8) is 0 Å². The van der Waals surface area contributed by atoms with Crippen molar-refractivity contribution in [3.05, 3.63) is 84.7 Å². The number of rotatable bonds is 7. The van der Waals surface area contributed by atoms with E-state index in [2.05, 4.69) is 15.5 Å². The Labute approximate surface area is 174 Å². The molecule has 0 aliphatic heterocycles. The minimum atomic E-state index is -0.142. The van der Waals surface area contributed by atoms with Crippen molar-refractivity contribution in [2.24, 2.45) is 0 Å². The third kappa shape index (κ3) is 4.22. The number of aromatic nitrogens is 2. The number of pyridine rings is 1. The van der Waals surface area contributed by atoms with E-state index >= 15 is 0 Å². The summed E-state index contributed by atoms with van der Waals surface area (Å²) >= 11 is 0. The minimum absolute atomic E-state index is 0.142. The lowest BCUT2D eigenvalue weighted by Gasteiger charge is -2.09. The first-order chi connectivity index (χ1) is 14.8. The molecular weight excluding hydrogens is 378 g/mol. The zero-order chi connectivity index (χ0) is 20.8. The van der Waals surface area contributed by atoms with Crippen LogP contribution in [0.5, 0.6) is 5.75 Å². The van der Waals surface area contributed by atoms with Gasteiger partial charge in [-0.15, -0.1) is 0 Å². The molecule has 4 rings (SSSR count). The minimum Gasteiger partial charge on any atom is -0.496 e. The molecule has 4 aromatic rings. The van der Waals surface area contributed by atoms with Gasteiger partial charge in [0.05, 0.1) is 12.7 Å². The van der Waals surface area contributed by atoms with Gasteiger partial charge in [-0.25, -0.2) is 0 Å². The molecule has 2 aromatic carbocycles. The van der Waals surface area contributed by atoms with E-state index in [0.29, 0.717) is 35.7 Å². The number of aryl methyl sites for hydroxylation is 1. The molecule has 30 heavy (non-hydrogen) atoms. The molecule has 6 nitrogen and oxygen atoms in total. The molecule has 0 bridgehead atoms. The van der Waals surface area contributed by atoms with Crippen LogP contribution in [-0.4, -0.2) is 23.2 Å². The normalized spacial score (nSPS) is 10.6. The Morgan fingerprint density at radius 2 is 1.73 bits per heavy atom. The number of nitrogens with zero attached hydrogens (tertiary/aromatic N) is 2. The van der Waals surface area contributed by atoms with E-state index in [-0.39, 0.29) is 5.91 Å². The first-order valence-electron chi connectivity index (χ1n) is 9.63. The summed E-state index contributed by atoms with van der Waals surface area (Å²) in [6.07, 6.45) is 4.36. The Kier molecular flexibility index (Phi) is 5.85. The molecule has 0 saturated carbocycles. The lowest BCUT2D eigenvalue weighted by atomic mass is 10.0. The predicted octanol–water partition coefficient (Wildman–Crippen LogP) is 4.98. The van der Waals surface area contributed by atoms with Crippen molar-refractivity contribution in [2.45, 2.75) is 12.8 Å². The largest absolute Gasteiger partial charge is 0.496 e. The van der Waals surface area contributed by atoms with Crippen LogP contribution in [0.15, 0.2) is 83.6 Å². The summed E-state index contributed by atoms with van der Waals surface area (Å²) in [5.74, 6) is 0.833. The predicted molar refractivity (Wildman–Crippen MR) is 115 cm³/mol. The van der Waals surface area contributed by atoms with Crippen LogP contribution >= 0.6 is 0 Å². The van der Waals surface area contributed by atoms with Crippen molar-refractivity contribution in [1.82, 2.24) is 10.1 Å². The average Bonchev–Trinajstić information content (AvgIpc) is 3.22. The smallest absolute Gasteiger partial charge is 0.239 e. The highest BCUT2D eigenvalue weighted by Gasteiger charge is 2.23. The molecule has 0 aliphatic rings. The maximum atomic E-state index is 12.6. The van der Waals surface area contributed by atoms with Crippen molar-refractivity contribution in [3.8, 4) is 28.1 Å². The number of nitrogens with one attached hydrogen (secondary N) is 1. The van der Waals surface area contributed by atoms with Crippen molar-refractivity contribution in [1.29, 1.82) is 0 Å². The molecule has 0 radical (unpaired) electrons. The third-order valence-electron chi connectivity index (χ3n) is 4.76. The number of para-hydroxylation sites is 1. The quantitative estimate of drug-likeness (QED) is 0.474. The van der Waals surface area contributed by atoms with E-state index in [4.69, 9.17) is 9.26 Å². The van der Waals surface area contributed by atoms with E-state index in [1.807, 2.05) is 66.7 Å². The van der Waals surface area contributed by atoms with Gasteiger partial charge in [0.15, 0.2) is 0 Å².